The highest BCUT2D eigenvalue weighted by molar-refractivity contribution is 5.19. The van der Waals surface area contributed by atoms with Crippen LogP contribution in [0.15, 0.2) is 30.3 Å². The normalized spacial score (nSPS) is 30.1. The van der Waals surface area contributed by atoms with Crippen LogP contribution >= 0.6 is 0 Å². The molecule has 1 heterocycles. The predicted molar refractivity (Wildman–Crippen MR) is 58.3 cm³/mol. The number of nitrogens with two attached hydrogens (primary N) is 1. The van der Waals surface area contributed by atoms with Crippen LogP contribution in [0.1, 0.15) is 25.5 Å². The van der Waals surface area contributed by atoms with Crippen molar-refractivity contribution in [3.8, 4) is 0 Å². The van der Waals surface area contributed by atoms with Crippen LogP contribution in [0.5, 0.6) is 0 Å². The molecule has 0 saturated carbocycles. The van der Waals surface area contributed by atoms with Gasteiger partial charge in [-0.25, -0.2) is 0 Å². The molecule has 0 aliphatic carbocycles. The molecule has 1 aromatic rings. The number of benzene rings is 1. The molecule has 2 rings (SSSR count). The van der Waals surface area contributed by atoms with Gasteiger partial charge in [0.1, 0.15) is 6.10 Å². The molecule has 0 aromatic heterocycles. The Bertz CT molecular complexity index is 324. The minimum atomic E-state index is -0.545. The lowest BCUT2D eigenvalue weighted by Crippen LogP contribution is -2.48. The maximum absolute atomic E-state index is 5.98. The van der Waals surface area contributed by atoms with Gasteiger partial charge >= 0.3 is 0 Å². The Hall–Kier alpha value is -0.900. The first-order valence-corrected chi connectivity index (χ1v) is 5.21. The van der Waals surface area contributed by atoms with E-state index in [9.17, 15) is 0 Å². The second-order valence-electron chi connectivity index (χ2n) is 4.32. The van der Waals surface area contributed by atoms with Crippen LogP contribution in [0, 0.1) is 0 Å². The third-order valence-corrected chi connectivity index (χ3v) is 2.55. The molecule has 1 fully saturated rings. The summed E-state index contributed by atoms with van der Waals surface area (Å²) < 4.78 is 11.3. The Morgan fingerprint density at radius 1 is 1.27 bits per heavy atom. The van der Waals surface area contributed by atoms with Gasteiger partial charge in [-0.15, -0.1) is 0 Å². The van der Waals surface area contributed by atoms with Crippen molar-refractivity contribution < 1.29 is 9.47 Å². The molecule has 0 bridgehead atoms. The fraction of sp³-hybridized carbons (Fsp3) is 0.500. The summed E-state index contributed by atoms with van der Waals surface area (Å²) in [5, 5.41) is 0. The Labute approximate surface area is 90.2 Å². The first-order valence-electron chi connectivity index (χ1n) is 5.21. The smallest absolute Gasteiger partial charge is 0.163 e. The largest absolute Gasteiger partial charge is 0.349 e. The average Bonchev–Trinajstić information content (AvgIpc) is 2.23. The van der Waals surface area contributed by atoms with E-state index in [0.29, 0.717) is 6.61 Å². The van der Waals surface area contributed by atoms with E-state index in [4.69, 9.17) is 15.2 Å². The molecule has 2 N–H and O–H groups in total. The van der Waals surface area contributed by atoms with Crippen LogP contribution < -0.4 is 5.73 Å². The van der Waals surface area contributed by atoms with Crippen molar-refractivity contribution in [1.29, 1.82) is 0 Å². The van der Waals surface area contributed by atoms with Gasteiger partial charge < -0.3 is 15.2 Å². The monoisotopic (exact) mass is 207 g/mol. The lowest BCUT2D eigenvalue weighted by molar-refractivity contribution is -0.281. The van der Waals surface area contributed by atoms with Crippen LogP contribution in [-0.2, 0) is 9.47 Å². The molecule has 0 amide bonds. The van der Waals surface area contributed by atoms with E-state index in [1.165, 1.54) is 0 Å². The molecule has 1 saturated heterocycles. The molecule has 1 aliphatic rings. The SMILES string of the molecule is CC1(C)OCC(N)[C@H](c2ccccc2)O1. The summed E-state index contributed by atoms with van der Waals surface area (Å²) >= 11 is 0. The Kier molecular flexibility index (Phi) is 2.78. The van der Waals surface area contributed by atoms with Gasteiger partial charge in [0, 0.05) is 0 Å². The summed E-state index contributed by atoms with van der Waals surface area (Å²) in [6.07, 6.45) is -0.0741. The van der Waals surface area contributed by atoms with Gasteiger partial charge in [0.25, 0.3) is 0 Å². The molecule has 0 spiro atoms. The zero-order valence-electron chi connectivity index (χ0n) is 9.14. The highest BCUT2D eigenvalue weighted by Gasteiger charge is 2.35. The highest BCUT2D eigenvalue weighted by Crippen LogP contribution is 2.31. The molecule has 1 aliphatic heterocycles. The number of hydrogen-bond acceptors (Lipinski definition) is 3. The molecule has 82 valence electrons. The van der Waals surface area contributed by atoms with E-state index in [0.717, 1.165) is 5.56 Å². The van der Waals surface area contributed by atoms with E-state index in [1.54, 1.807) is 0 Å². The van der Waals surface area contributed by atoms with Crippen LogP contribution in [0.2, 0.25) is 0 Å². The topological polar surface area (TPSA) is 44.5 Å². The third kappa shape index (κ3) is 2.37. The van der Waals surface area contributed by atoms with E-state index >= 15 is 0 Å². The standard InChI is InChI=1S/C12H17NO2/c1-12(2)14-8-10(13)11(15-12)9-6-4-3-5-7-9/h3-7,10-11H,8,13H2,1-2H3/t10?,11-/m0/s1. The van der Waals surface area contributed by atoms with Crippen molar-refractivity contribution in [2.45, 2.75) is 31.8 Å². The molecule has 3 heteroatoms. The van der Waals surface area contributed by atoms with Crippen LogP contribution in [0.25, 0.3) is 0 Å². The molecule has 0 radical (unpaired) electrons. The third-order valence-electron chi connectivity index (χ3n) is 2.55. The second kappa shape index (κ2) is 3.93. The fourth-order valence-corrected chi connectivity index (χ4v) is 1.77. The van der Waals surface area contributed by atoms with Gasteiger partial charge in [-0.05, 0) is 19.4 Å². The van der Waals surface area contributed by atoms with Gasteiger partial charge in [-0.2, -0.15) is 0 Å². The van der Waals surface area contributed by atoms with Crippen molar-refractivity contribution >= 4 is 0 Å². The maximum atomic E-state index is 5.98. The molecular weight excluding hydrogens is 190 g/mol. The molecule has 1 aromatic carbocycles. The van der Waals surface area contributed by atoms with E-state index in [1.807, 2.05) is 44.2 Å². The summed E-state index contributed by atoms with van der Waals surface area (Å²) in [6.45, 7) is 4.36. The van der Waals surface area contributed by atoms with Gasteiger partial charge in [0.05, 0.1) is 12.6 Å². The zero-order valence-corrected chi connectivity index (χ0v) is 9.14. The van der Waals surface area contributed by atoms with Crippen LogP contribution in [0.4, 0.5) is 0 Å². The van der Waals surface area contributed by atoms with Crippen molar-refractivity contribution in [1.82, 2.24) is 0 Å². The van der Waals surface area contributed by atoms with Crippen molar-refractivity contribution in [2.75, 3.05) is 6.61 Å². The van der Waals surface area contributed by atoms with Gasteiger partial charge in [0.15, 0.2) is 5.79 Å². The zero-order chi connectivity index (χ0) is 10.9. The number of rotatable bonds is 1. The molecule has 2 atom stereocenters. The minimum Gasteiger partial charge on any atom is -0.349 e. The van der Waals surface area contributed by atoms with Gasteiger partial charge in [-0.3, -0.25) is 0 Å². The van der Waals surface area contributed by atoms with E-state index < -0.39 is 5.79 Å². The predicted octanol–water partition coefficient (Wildman–Crippen LogP) is 1.84. The second-order valence-corrected chi connectivity index (χ2v) is 4.32. The number of hydrogen-bond donors (Lipinski definition) is 1. The lowest BCUT2D eigenvalue weighted by atomic mass is 10.0. The Balaban J connectivity index is 2.20. The van der Waals surface area contributed by atoms with Crippen LogP contribution in [0.3, 0.4) is 0 Å². The van der Waals surface area contributed by atoms with Crippen LogP contribution in [-0.4, -0.2) is 18.4 Å². The summed E-state index contributed by atoms with van der Waals surface area (Å²) in [5.74, 6) is -0.545. The average molecular weight is 207 g/mol. The maximum Gasteiger partial charge on any atom is 0.163 e. The highest BCUT2D eigenvalue weighted by atomic mass is 16.7. The van der Waals surface area contributed by atoms with Gasteiger partial charge in [-0.1, -0.05) is 30.3 Å². The van der Waals surface area contributed by atoms with Crippen molar-refractivity contribution in [3.63, 3.8) is 0 Å². The van der Waals surface area contributed by atoms with Crippen molar-refractivity contribution in [2.24, 2.45) is 5.73 Å². The Morgan fingerprint density at radius 2 is 1.93 bits per heavy atom. The first-order chi connectivity index (χ1) is 7.08. The van der Waals surface area contributed by atoms with E-state index in [2.05, 4.69) is 0 Å². The molecule has 3 nitrogen and oxygen atoms in total. The summed E-state index contributed by atoms with van der Waals surface area (Å²) in [4.78, 5) is 0. The molecule has 1 unspecified atom stereocenters. The van der Waals surface area contributed by atoms with Gasteiger partial charge in [0.2, 0.25) is 0 Å². The summed E-state index contributed by atoms with van der Waals surface area (Å²) in [7, 11) is 0. The quantitative estimate of drug-likeness (QED) is 0.764. The Morgan fingerprint density at radius 3 is 2.60 bits per heavy atom. The van der Waals surface area contributed by atoms with E-state index in [-0.39, 0.29) is 12.1 Å². The molecule has 15 heavy (non-hydrogen) atoms. The number of ether oxygens (including phenoxy) is 2. The first kappa shape index (κ1) is 10.6. The fourth-order valence-electron chi connectivity index (χ4n) is 1.77. The lowest BCUT2D eigenvalue weighted by Gasteiger charge is -2.39. The van der Waals surface area contributed by atoms with Crippen molar-refractivity contribution in [3.05, 3.63) is 35.9 Å². The summed E-state index contributed by atoms with van der Waals surface area (Å²) in [5.41, 5.74) is 7.09. The summed E-state index contributed by atoms with van der Waals surface area (Å²) in [6, 6.07) is 9.94. The minimum absolute atomic E-state index is 0.0741. The molecular formula is C12H17NO2.